The lowest BCUT2D eigenvalue weighted by atomic mass is 10.0. The molecule has 0 bridgehead atoms. The quantitative estimate of drug-likeness (QED) is 0.830. The molecule has 2 aromatic heterocycles. The second-order valence-electron chi connectivity index (χ2n) is 7.05. The number of aryl methyl sites for hydroxylation is 2. The first-order valence-electron chi connectivity index (χ1n) is 8.83. The highest BCUT2D eigenvalue weighted by molar-refractivity contribution is 5.43. The normalized spacial score (nSPS) is 19.6. The molecule has 2 aromatic rings. The molecule has 4 rings (SSSR count). The molecular weight excluding hydrogens is 302 g/mol. The minimum Gasteiger partial charge on any atom is -0.350 e. The van der Waals surface area contributed by atoms with E-state index in [0.717, 1.165) is 36.8 Å². The monoisotopic (exact) mass is 327 g/mol. The van der Waals surface area contributed by atoms with E-state index < -0.39 is 0 Å². The van der Waals surface area contributed by atoms with Gasteiger partial charge in [0.25, 0.3) is 0 Å². The van der Waals surface area contributed by atoms with Crippen molar-refractivity contribution in [3.8, 4) is 0 Å². The average Bonchev–Trinajstić information content (AvgIpc) is 3.32. The highest BCUT2D eigenvalue weighted by atomic mass is 15.4. The van der Waals surface area contributed by atoms with Gasteiger partial charge in [-0.25, -0.2) is 9.97 Å². The van der Waals surface area contributed by atoms with Crippen LogP contribution in [0.3, 0.4) is 0 Å². The van der Waals surface area contributed by atoms with E-state index in [1.807, 2.05) is 20.2 Å². The van der Waals surface area contributed by atoms with Crippen LogP contribution >= 0.6 is 0 Å². The highest BCUT2D eigenvalue weighted by Crippen LogP contribution is 2.35. The Morgan fingerprint density at radius 1 is 1.12 bits per heavy atom. The summed E-state index contributed by atoms with van der Waals surface area (Å²) in [5.74, 6) is 1.11. The SMILES string of the molecule is Cc1cc(N(C2CC2)C2CCN(Cc3cn(C)nn3)CC2)ncn1. The standard InChI is InChI=1S/C17H25N7/c1-13-9-17(19-12-18-13)24(15-3-4-15)16-5-7-23(8-6-16)11-14-10-22(2)21-20-14/h9-10,12,15-16H,3-8,11H2,1-2H3. The number of aromatic nitrogens is 5. The molecule has 24 heavy (non-hydrogen) atoms. The Labute approximate surface area is 142 Å². The van der Waals surface area contributed by atoms with Crippen molar-refractivity contribution in [2.75, 3.05) is 18.0 Å². The van der Waals surface area contributed by atoms with E-state index in [1.54, 1.807) is 11.0 Å². The number of likely N-dealkylation sites (tertiary alicyclic amines) is 1. The highest BCUT2D eigenvalue weighted by Gasteiger charge is 2.36. The summed E-state index contributed by atoms with van der Waals surface area (Å²) in [6.07, 6.45) is 8.65. The van der Waals surface area contributed by atoms with E-state index in [-0.39, 0.29) is 0 Å². The predicted octanol–water partition coefficient (Wildman–Crippen LogP) is 1.55. The zero-order valence-electron chi connectivity index (χ0n) is 14.5. The molecule has 1 aliphatic carbocycles. The number of piperidine rings is 1. The van der Waals surface area contributed by atoms with Crippen LogP contribution in [0.15, 0.2) is 18.6 Å². The molecular formula is C17H25N7. The minimum atomic E-state index is 0.588. The molecule has 2 fully saturated rings. The van der Waals surface area contributed by atoms with Gasteiger partial charge in [-0.2, -0.15) is 0 Å². The van der Waals surface area contributed by atoms with Crippen molar-refractivity contribution >= 4 is 5.82 Å². The topological polar surface area (TPSA) is 63.0 Å². The van der Waals surface area contributed by atoms with Gasteiger partial charge in [0.05, 0.1) is 5.69 Å². The summed E-state index contributed by atoms with van der Waals surface area (Å²) in [5, 5.41) is 8.23. The number of rotatable bonds is 5. The third kappa shape index (κ3) is 3.40. The number of anilines is 1. The Bertz CT molecular complexity index is 686. The van der Waals surface area contributed by atoms with E-state index in [2.05, 4.69) is 36.1 Å². The molecule has 1 saturated heterocycles. The van der Waals surface area contributed by atoms with Gasteiger partial charge in [-0.15, -0.1) is 5.10 Å². The molecule has 0 spiro atoms. The van der Waals surface area contributed by atoms with Crippen LogP contribution in [-0.4, -0.2) is 55.0 Å². The first-order valence-corrected chi connectivity index (χ1v) is 8.83. The average molecular weight is 327 g/mol. The number of nitrogens with zero attached hydrogens (tertiary/aromatic N) is 7. The van der Waals surface area contributed by atoms with Crippen LogP contribution in [0.5, 0.6) is 0 Å². The fraction of sp³-hybridized carbons (Fsp3) is 0.647. The molecule has 1 aliphatic heterocycles. The molecule has 0 unspecified atom stereocenters. The smallest absolute Gasteiger partial charge is 0.132 e. The van der Waals surface area contributed by atoms with Crippen LogP contribution in [0.2, 0.25) is 0 Å². The van der Waals surface area contributed by atoms with E-state index >= 15 is 0 Å². The molecule has 7 heteroatoms. The summed E-state index contributed by atoms with van der Waals surface area (Å²) >= 11 is 0. The Hall–Kier alpha value is -2.02. The van der Waals surface area contributed by atoms with E-state index in [4.69, 9.17) is 0 Å². The zero-order chi connectivity index (χ0) is 16.5. The van der Waals surface area contributed by atoms with Gasteiger partial charge in [0.1, 0.15) is 12.1 Å². The van der Waals surface area contributed by atoms with Crippen LogP contribution < -0.4 is 4.90 Å². The number of hydrogen-bond donors (Lipinski definition) is 0. The van der Waals surface area contributed by atoms with Gasteiger partial charge in [0.15, 0.2) is 0 Å². The molecule has 0 amide bonds. The Morgan fingerprint density at radius 2 is 1.88 bits per heavy atom. The fourth-order valence-corrected chi connectivity index (χ4v) is 3.66. The molecule has 7 nitrogen and oxygen atoms in total. The van der Waals surface area contributed by atoms with Crippen molar-refractivity contribution in [1.82, 2.24) is 29.9 Å². The third-order valence-electron chi connectivity index (χ3n) is 4.98. The second kappa shape index (κ2) is 6.47. The maximum absolute atomic E-state index is 4.55. The Kier molecular flexibility index (Phi) is 4.18. The van der Waals surface area contributed by atoms with Crippen LogP contribution in [0.25, 0.3) is 0 Å². The summed E-state index contributed by atoms with van der Waals surface area (Å²) < 4.78 is 1.77. The fourth-order valence-electron chi connectivity index (χ4n) is 3.66. The van der Waals surface area contributed by atoms with Gasteiger partial charge in [0, 0.05) is 56.7 Å². The lowest BCUT2D eigenvalue weighted by molar-refractivity contribution is 0.198. The maximum atomic E-state index is 4.55. The van der Waals surface area contributed by atoms with Crippen LogP contribution in [0, 0.1) is 6.92 Å². The molecule has 2 aliphatic rings. The Morgan fingerprint density at radius 3 is 2.50 bits per heavy atom. The van der Waals surface area contributed by atoms with Gasteiger partial charge in [-0.3, -0.25) is 9.58 Å². The van der Waals surface area contributed by atoms with Crippen molar-refractivity contribution < 1.29 is 0 Å². The van der Waals surface area contributed by atoms with Crippen molar-refractivity contribution in [3.05, 3.63) is 30.0 Å². The summed E-state index contributed by atoms with van der Waals surface area (Å²) in [6, 6.07) is 3.39. The minimum absolute atomic E-state index is 0.588. The lowest BCUT2D eigenvalue weighted by Gasteiger charge is -2.39. The van der Waals surface area contributed by atoms with Crippen LogP contribution in [-0.2, 0) is 13.6 Å². The van der Waals surface area contributed by atoms with Crippen molar-refractivity contribution in [1.29, 1.82) is 0 Å². The van der Waals surface area contributed by atoms with Crippen molar-refractivity contribution in [2.24, 2.45) is 7.05 Å². The first kappa shape index (κ1) is 15.5. The van der Waals surface area contributed by atoms with Crippen molar-refractivity contribution in [2.45, 2.75) is 51.2 Å². The summed E-state index contributed by atoms with van der Waals surface area (Å²) in [4.78, 5) is 13.8. The molecule has 1 saturated carbocycles. The molecule has 0 radical (unpaired) electrons. The van der Waals surface area contributed by atoms with Gasteiger partial charge >= 0.3 is 0 Å². The summed E-state index contributed by atoms with van der Waals surface area (Å²) in [5.41, 5.74) is 2.10. The summed E-state index contributed by atoms with van der Waals surface area (Å²) in [6.45, 7) is 5.15. The number of hydrogen-bond acceptors (Lipinski definition) is 6. The van der Waals surface area contributed by atoms with Crippen LogP contribution in [0.1, 0.15) is 37.1 Å². The van der Waals surface area contributed by atoms with E-state index in [0.29, 0.717) is 12.1 Å². The largest absolute Gasteiger partial charge is 0.350 e. The Balaban J connectivity index is 1.40. The molecule has 0 atom stereocenters. The molecule has 3 heterocycles. The van der Waals surface area contributed by atoms with Gasteiger partial charge < -0.3 is 4.90 Å². The van der Waals surface area contributed by atoms with Crippen molar-refractivity contribution in [3.63, 3.8) is 0 Å². The van der Waals surface area contributed by atoms with Gasteiger partial charge in [-0.1, -0.05) is 5.21 Å². The first-order chi connectivity index (χ1) is 11.7. The lowest BCUT2D eigenvalue weighted by Crippen LogP contribution is -2.46. The van der Waals surface area contributed by atoms with E-state index in [9.17, 15) is 0 Å². The molecule has 0 N–H and O–H groups in total. The predicted molar refractivity (Wildman–Crippen MR) is 91.6 cm³/mol. The summed E-state index contributed by atoms with van der Waals surface area (Å²) in [7, 11) is 1.92. The van der Waals surface area contributed by atoms with Crippen LogP contribution in [0.4, 0.5) is 5.82 Å². The zero-order valence-corrected chi connectivity index (χ0v) is 14.5. The third-order valence-corrected chi connectivity index (χ3v) is 4.98. The van der Waals surface area contributed by atoms with E-state index in [1.165, 1.54) is 25.7 Å². The van der Waals surface area contributed by atoms with Gasteiger partial charge in [-0.05, 0) is 32.6 Å². The second-order valence-corrected chi connectivity index (χ2v) is 7.05. The maximum Gasteiger partial charge on any atom is 0.132 e. The van der Waals surface area contributed by atoms with Gasteiger partial charge in [0.2, 0.25) is 0 Å². The molecule has 128 valence electrons. The molecule has 0 aromatic carbocycles.